The molecule has 6 heteroatoms. The normalized spacial score (nSPS) is 14.4. The van der Waals surface area contributed by atoms with Crippen molar-refractivity contribution in [1.29, 1.82) is 0 Å². The zero-order valence-corrected chi connectivity index (χ0v) is 16.0. The van der Waals surface area contributed by atoms with Crippen LogP contribution >= 0.6 is 11.6 Å². The minimum Gasteiger partial charge on any atom is -0.350 e. The summed E-state index contributed by atoms with van der Waals surface area (Å²) in [4.78, 5) is 39.5. The first kappa shape index (κ1) is 19.1. The van der Waals surface area contributed by atoms with Crippen LogP contribution in [0.3, 0.4) is 0 Å². The number of halogens is 1. The van der Waals surface area contributed by atoms with Gasteiger partial charge in [0.2, 0.25) is 5.91 Å². The Bertz CT molecular complexity index is 860. The average Bonchev–Trinajstić information content (AvgIpc) is 2.90. The van der Waals surface area contributed by atoms with Gasteiger partial charge in [-0.15, -0.1) is 0 Å². The number of amides is 3. The second kappa shape index (κ2) is 7.92. The summed E-state index contributed by atoms with van der Waals surface area (Å²) in [5.41, 5.74) is 1.46. The molecule has 0 aliphatic carbocycles. The smallest absolute Gasteiger partial charge is 0.262 e. The van der Waals surface area contributed by atoms with Gasteiger partial charge in [-0.2, -0.15) is 0 Å². The van der Waals surface area contributed by atoms with E-state index in [0.29, 0.717) is 22.6 Å². The first-order chi connectivity index (χ1) is 12.9. The Balaban J connectivity index is 1.82. The molecular weight excluding hydrogens is 364 g/mol. The van der Waals surface area contributed by atoms with E-state index >= 15 is 0 Å². The molecule has 27 heavy (non-hydrogen) atoms. The van der Waals surface area contributed by atoms with Gasteiger partial charge < -0.3 is 5.32 Å². The van der Waals surface area contributed by atoms with Gasteiger partial charge in [0.1, 0.15) is 6.04 Å². The van der Waals surface area contributed by atoms with Gasteiger partial charge in [0.15, 0.2) is 0 Å². The van der Waals surface area contributed by atoms with E-state index < -0.39 is 17.9 Å². The van der Waals surface area contributed by atoms with Crippen molar-refractivity contribution < 1.29 is 14.4 Å². The Morgan fingerprint density at radius 2 is 1.56 bits per heavy atom. The first-order valence-electron chi connectivity index (χ1n) is 8.88. The van der Waals surface area contributed by atoms with Crippen LogP contribution in [0.1, 0.15) is 46.5 Å². The fraction of sp³-hybridized carbons (Fsp3) is 0.286. The number of hydrogen-bond acceptors (Lipinski definition) is 3. The van der Waals surface area contributed by atoms with Gasteiger partial charge in [-0.3, -0.25) is 19.3 Å². The predicted molar refractivity (Wildman–Crippen MR) is 103 cm³/mol. The van der Waals surface area contributed by atoms with E-state index in [2.05, 4.69) is 5.32 Å². The largest absolute Gasteiger partial charge is 0.350 e. The van der Waals surface area contributed by atoms with Crippen LogP contribution in [0.2, 0.25) is 5.02 Å². The number of carbonyl (C=O) groups excluding carboxylic acids is 3. The number of nitrogens with zero attached hydrogens (tertiary/aromatic N) is 1. The lowest BCUT2D eigenvalue weighted by molar-refractivity contribution is -0.125. The van der Waals surface area contributed by atoms with Crippen molar-refractivity contribution in [2.24, 2.45) is 5.92 Å². The van der Waals surface area contributed by atoms with Crippen molar-refractivity contribution >= 4 is 29.3 Å². The van der Waals surface area contributed by atoms with Gasteiger partial charge in [-0.05, 0) is 36.1 Å². The molecule has 1 heterocycles. The molecule has 0 saturated carbocycles. The van der Waals surface area contributed by atoms with Crippen LogP contribution < -0.4 is 5.32 Å². The van der Waals surface area contributed by atoms with E-state index in [1.54, 1.807) is 30.3 Å². The molecule has 0 radical (unpaired) electrons. The summed E-state index contributed by atoms with van der Waals surface area (Å²) < 4.78 is 0. The lowest BCUT2D eigenvalue weighted by atomic mass is 10.0. The molecule has 1 aliphatic heterocycles. The molecule has 140 valence electrons. The Hall–Kier alpha value is -2.66. The van der Waals surface area contributed by atoms with Gasteiger partial charge in [0, 0.05) is 11.6 Å². The highest BCUT2D eigenvalue weighted by atomic mass is 35.5. The zero-order chi connectivity index (χ0) is 19.6. The van der Waals surface area contributed by atoms with Crippen LogP contribution in [0.15, 0.2) is 48.5 Å². The molecule has 0 aromatic heterocycles. The number of nitrogens with one attached hydrogen (secondary N) is 1. The standard InChI is InChI=1S/C21H21ClN2O3/c1-13(2)11-18(19(25)23-12-14-7-3-6-10-17(14)22)24-20(26)15-8-4-5-9-16(15)21(24)27/h3-10,13,18H,11-12H2,1-2H3,(H,23,25)/t18-/m0/s1. The van der Waals surface area contributed by atoms with E-state index in [-0.39, 0.29) is 18.4 Å². The van der Waals surface area contributed by atoms with E-state index in [4.69, 9.17) is 11.6 Å². The van der Waals surface area contributed by atoms with E-state index in [9.17, 15) is 14.4 Å². The van der Waals surface area contributed by atoms with Crippen molar-refractivity contribution in [1.82, 2.24) is 10.2 Å². The van der Waals surface area contributed by atoms with Crippen LogP contribution in [-0.2, 0) is 11.3 Å². The molecular formula is C21H21ClN2O3. The first-order valence-corrected chi connectivity index (χ1v) is 9.26. The highest BCUT2D eigenvalue weighted by Crippen LogP contribution is 2.27. The van der Waals surface area contributed by atoms with Gasteiger partial charge in [0.25, 0.3) is 11.8 Å². The fourth-order valence-corrected chi connectivity index (χ4v) is 3.41. The quantitative estimate of drug-likeness (QED) is 0.773. The summed E-state index contributed by atoms with van der Waals surface area (Å²) in [6.45, 7) is 4.13. The molecule has 1 atom stereocenters. The number of benzene rings is 2. The summed E-state index contributed by atoms with van der Waals surface area (Å²) in [7, 11) is 0. The van der Waals surface area contributed by atoms with Gasteiger partial charge in [0.05, 0.1) is 11.1 Å². The Labute approximate surface area is 163 Å². The summed E-state index contributed by atoms with van der Waals surface area (Å²) >= 11 is 6.14. The molecule has 0 bridgehead atoms. The number of hydrogen-bond donors (Lipinski definition) is 1. The third kappa shape index (κ3) is 3.88. The van der Waals surface area contributed by atoms with E-state index in [1.807, 2.05) is 32.0 Å². The Morgan fingerprint density at radius 3 is 2.11 bits per heavy atom. The molecule has 0 saturated heterocycles. The number of fused-ring (bicyclic) bond motifs is 1. The lowest BCUT2D eigenvalue weighted by Gasteiger charge is -2.26. The molecule has 3 rings (SSSR count). The maximum atomic E-state index is 12.9. The van der Waals surface area contributed by atoms with Crippen LogP contribution in [0.5, 0.6) is 0 Å². The van der Waals surface area contributed by atoms with Crippen LogP contribution in [0, 0.1) is 5.92 Å². The SMILES string of the molecule is CC(C)C[C@@H](C(=O)NCc1ccccc1Cl)N1C(=O)c2ccccc2C1=O. The second-order valence-corrected chi connectivity index (χ2v) is 7.39. The zero-order valence-electron chi connectivity index (χ0n) is 15.2. The molecule has 5 nitrogen and oxygen atoms in total. The third-order valence-electron chi connectivity index (χ3n) is 4.55. The summed E-state index contributed by atoms with van der Waals surface area (Å²) in [5.74, 6) is -1.08. The van der Waals surface area contributed by atoms with Crippen molar-refractivity contribution in [3.05, 3.63) is 70.2 Å². The molecule has 1 N–H and O–H groups in total. The average molecular weight is 385 g/mol. The molecule has 2 aromatic carbocycles. The summed E-state index contributed by atoms with van der Waals surface area (Å²) in [6.07, 6.45) is 0.389. The maximum Gasteiger partial charge on any atom is 0.262 e. The van der Waals surface area contributed by atoms with Gasteiger partial charge in [-0.25, -0.2) is 0 Å². The van der Waals surface area contributed by atoms with Crippen LogP contribution in [-0.4, -0.2) is 28.7 Å². The van der Waals surface area contributed by atoms with Gasteiger partial charge >= 0.3 is 0 Å². The molecule has 2 aromatic rings. The second-order valence-electron chi connectivity index (χ2n) is 6.98. The molecule has 0 unspecified atom stereocenters. The Morgan fingerprint density at radius 1 is 1.00 bits per heavy atom. The topological polar surface area (TPSA) is 66.5 Å². The monoisotopic (exact) mass is 384 g/mol. The minimum absolute atomic E-state index is 0.130. The minimum atomic E-state index is -0.861. The number of carbonyl (C=O) groups is 3. The van der Waals surface area contributed by atoms with Crippen molar-refractivity contribution in [2.45, 2.75) is 32.9 Å². The summed E-state index contributed by atoms with van der Waals surface area (Å²) in [6, 6.07) is 13.0. The third-order valence-corrected chi connectivity index (χ3v) is 4.91. The molecule has 0 fully saturated rings. The lowest BCUT2D eigenvalue weighted by Crippen LogP contribution is -2.50. The highest BCUT2D eigenvalue weighted by molar-refractivity contribution is 6.31. The van der Waals surface area contributed by atoms with Crippen molar-refractivity contribution in [2.75, 3.05) is 0 Å². The number of imide groups is 1. The van der Waals surface area contributed by atoms with E-state index in [0.717, 1.165) is 10.5 Å². The van der Waals surface area contributed by atoms with Crippen molar-refractivity contribution in [3.63, 3.8) is 0 Å². The molecule has 3 amide bonds. The molecule has 0 spiro atoms. The van der Waals surface area contributed by atoms with Gasteiger partial charge in [-0.1, -0.05) is 55.8 Å². The van der Waals surface area contributed by atoms with Crippen LogP contribution in [0.4, 0.5) is 0 Å². The number of rotatable bonds is 6. The molecule has 1 aliphatic rings. The highest BCUT2D eigenvalue weighted by Gasteiger charge is 2.42. The van der Waals surface area contributed by atoms with Crippen molar-refractivity contribution in [3.8, 4) is 0 Å². The fourth-order valence-electron chi connectivity index (χ4n) is 3.21. The maximum absolute atomic E-state index is 12.9. The van der Waals surface area contributed by atoms with E-state index in [1.165, 1.54) is 0 Å². The van der Waals surface area contributed by atoms with Crippen LogP contribution in [0.25, 0.3) is 0 Å². The Kier molecular flexibility index (Phi) is 5.61. The predicted octanol–water partition coefficient (Wildman–Crippen LogP) is 3.67. The summed E-state index contributed by atoms with van der Waals surface area (Å²) in [5, 5.41) is 3.38.